The van der Waals surface area contributed by atoms with Gasteiger partial charge in [0.15, 0.2) is 0 Å². The van der Waals surface area contributed by atoms with Gasteiger partial charge in [0.2, 0.25) is 5.91 Å². The van der Waals surface area contributed by atoms with Crippen LogP contribution < -0.4 is 16.0 Å². The first-order chi connectivity index (χ1) is 11.7. The van der Waals surface area contributed by atoms with Crippen molar-refractivity contribution in [1.82, 2.24) is 5.32 Å². The van der Waals surface area contributed by atoms with Gasteiger partial charge in [0.05, 0.1) is 6.26 Å². The van der Waals surface area contributed by atoms with E-state index in [4.69, 9.17) is 4.42 Å². The van der Waals surface area contributed by atoms with E-state index in [-0.39, 0.29) is 23.8 Å². The molecule has 1 aromatic heterocycles. The Morgan fingerprint density at radius 1 is 1.00 bits per heavy atom. The summed E-state index contributed by atoms with van der Waals surface area (Å²) in [6.45, 7) is 0. The van der Waals surface area contributed by atoms with Gasteiger partial charge < -0.3 is 20.4 Å². The van der Waals surface area contributed by atoms with E-state index in [9.17, 15) is 9.59 Å². The second kappa shape index (κ2) is 6.03. The molecule has 2 unspecified atom stereocenters. The molecule has 124 valence electrons. The largest absolute Gasteiger partial charge is 0.469 e. The van der Waals surface area contributed by atoms with Gasteiger partial charge >= 0.3 is 6.03 Å². The van der Waals surface area contributed by atoms with Crippen molar-refractivity contribution < 1.29 is 14.0 Å². The minimum Gasteiger partial charge on any atom is -0.469 e. The summed E-state index contributed by atoms with van der Waals surface area (Å²) in [5.41, 5.74) is 1.42. The van der Waals surface area contributed by atoms with Gasteiger partial charge in [0.1, 0.15) is 5.76 Å². The van der Waals surface area contributed by atoms with Crippen LogP contribution in [0.25, 0.3) is 0 Å². The van der Waals surface area contributed by atoms with E-state index >= 15 is 0 Å². The van der Waals surface area contributed by atoms with E-state index in [1.807, 2.05) is 12.1 Å². The predicted molar refractivity (Wildman–Crippen MR) is 89.8 cm³/mol. The molecule has 2 aromatic rings. The molecule has 2 aliphatic rings. The van der Waals surface area contributed by atoms with E-state index in [2.05, 4.69) is 16.0 Å². The Morgan fingerprint density at radius 3 is 2.33 bits per heavy atom. The highest BCUT2D eigenvalue weighted by Gasteiger charge is 2.45. The van der Waals surface area contributed by atoms with Crippen LogP contribution in [0.4, 0.5) is 16.2 Å². The molecule has 0 radical (unpaired) electrons. The van der Waals surface area contributed by atoms with Gasteiger partial charge in [-0.25, -0.2) is 4.79 Å². The number of furan rings is 1. The second-order valence-corrected chi connectivity index (χ2v) is 6.40. The van der Waals surface area contributed by atoms with Crippen LogP contribution in [-0.4, -0.2) is 18.0 Å². The Hall–Kier alpha value is -2.76. The molecule has 0 saturated heterocycles. The Bertz CT molecular complexity index is 735. The lowest BCUT2D eigenvalue weighted by Gasteiger charge is -2.08. The summed E-state index contributed by atoms with van der Waals surface area (Å²) in [4.78, 5) is 23.9. The standard InChI is InChI=1S/C18H19N3O3/c22-17(15-10-14(15)16-2-1-9-24-16)19-11-3-5-12(6-4-11)20-18(23)21-13-7-8-13/h1-6,9,13-15H,7-8,10H2,(H,19,22)(H2,20,21,23). The van der Waals surface area contributed by atoms with Gasteiger partial charge in [-0.15, -0.1) is 0 Å². The molecule has 1 aromatic carbocycles. The van der Waals surface area contributed by atoms with Crippen LogP contribution in [0.5, 0.6) is 0 Å². The van der Waals surface area contributed by atoms with Gasteiger partial charge in [-0.05, 0) is 55.7 Å². The van der Waals surface area contributed by atoms with Gasteiger partial charge in [-0.3, -0.25) is 4.79 Å². The molecule has 2 saturated carbocycles. The minimum absolute atomic E-state index is 0.00332. The molecule has 2 fully saturated rings. The minimum atomic E-state index is -0.187. The predicted octanol–water partition coefficient (Wildman–Crippen LogP) is 3.31. The summed E-state index contributed by atoms with van der Waals surface area (Å²) < 4.78 is 5.35. The number of hydrogen-bond donors (Lipinski definition) is 3. The molecular formula is C18H19N3O3. The van der Waals surface area contributed by atoms with Gasteiger partial charge in [0.25, 0.3) is 0 Å². The van der Waals surface area contributed by atoms with E-state index in [1.54, 1.807) is 30.5 Å². The number of urea groups is 1. The molecule has 2 atom stereocenters. The number of benzene rings is 1. The van der Waals surface area contributed by atoms with Gasteiger partial charge in [-0.2, -0.15) is 0 Å². The molecule has 6 nitrogen and oxygen atoms in total. The molecule has 3 amide bonds. The van der Waals surface area contributed by atoms with Crippen molar-refractivity contribution in [1.29, 1.82) is 0 Å². The number of nitrogens with one attached hydrogen (secondary N) is 3. The average Bonchev–Trinajstić information content (AvgIpc) is 3.49. The van der Waals surface area contributed by atoms with Crippen molar-refractivity contribution in [3.05, 3.63) is 48.4 Å². The Kier molecular flexibility index (Phi) is 3.72. The molecular weight excluding hydrogens is 306 g/mol. The lowest BCUT2D eigenvalue weighted by molar-refractivity contribution is -0.117. The maximum absolute atomic E-state index is 12.2. The summed E-state index contributed by atoms with van der Waals surface area (Å²) in [6.07, 6.45) is 4.56. The van der Waals surface area contributed by atoms with Crippen LogP contribution >= 0.6 is 0 Å². The molecule has 1 heterocycles. The number of hydrogen-bond acceptors (Lipinski definition) is 3. The topological polar surface area (TPSA) is 83.4 Å². The summed E-state index contributed by atoms with van der Waals surface area (Å²) >= 11 is 0. The number of rotatable bonds is 5. The Morgan fingerprint density at radius 2 is 1.71 bits per heavy atom. The normalized spacial score (nSPS) is 21.8. The third-order valence-electron chi connectivity index (χ3n) is 4.36. The zero-order valence-electron chi connectivity index (χ0n) is 13.1. The fourth-order valence-electron chi connectivity index (χ4n) is 2.75. The third-order valence-corrected chi connectivity index (χ3v) is 4.36. The van der Waals surface area contributed by atoms with Gasteiger partial charge in [0, 0.05) is 29.3 Å². The summed E-state index contributed by atoms with van der Waals surface area (Å²) in [7, 11) is 0. The highest BCUT2D eigenvalue weighted by atomic mass is 16.3. The summed E-state index contributed by atoms with van der Waals surface area (Å²) in [6, 6.07) is 11.0. The number of anilines is 2. The first-order valence-corrected chi connectivity index (χ1v) is 8.21. The molecule has 4 rings (SSSR count). The SMILES string of the molecule is O=C(Nc1ccc(NC(=O)C2CC2c2ccco2)cc1)NC1CC1. The fraction of sp³-hybridized carbons (Fsp3) is 0.333. The summed E-state index contributed by atoms with van der Waals surface area (Å²) in [5, 5.41) is 8.55. The van der Waals surface area contributed by atoms with E-state index in [1.165, 1.54) is 0 Å². The van der Waals surface area contributed by atoms with Crippen LogP contribution in [0.3, 0.4) is 0 Å². The van der Waals surface area contributed by atoms with E-state index in [0.717, 1.165) is 30.7 Å². The highest BCUT2D eigenvalue weighted by Crippen LogP contribution is 2.48. The quantitative estimate of drug-likeness (QED) is 0.788. The third kappa shape index (κ3) is 3.42. The van der Waals surface area contributed by atoms with Crippen molar-refractivity contribution >= 4 is 23.3 Å². The zero-order valence-corrected chi connectivity index (χ0v) is 13.1. The lowest BCUT2D eigenvalue weighted by Crippen LogP contribution is -2.30. The van der Waals surface area contributed by atoms with Crippen LogP contribution in [-0.2, 0) is 4.79 Å². The average molecular weight is 325 g/mol. The highest BCUT2D eigenvalue weighted by molar-refractivity contribution is 5.95. The first-order valence-electron chi connectivity index (χ1n) is 8.21. The van der Waals surface area contributed by atoms with Crippen LogP contribution in [0.15, 0.2) is 47.1 Å². The molecule has 0 spiro atoms. The first kappa shape index (κ1) is 14.8. The Balaban J connectivity index is 1.29. The zero-order chi connectivity index (χ0) is 16.5. The van der Waals surface area contributed by atoms with Crippen LogP contribution in [0, 0.1) is 5.92 Å². The molecule has 6 heteroatoms. The molecule has 3 N–H and O–H groups in total. The number of carbonyl (C=O) groups is 2. The monoisotopic (exact) mass is 325 g/mol. The maximum atomic E-state index is 12.2. The van der Waals surface area contributed by atoms with Crippen molar-refractivity contribution in [3.8, 4) is 0 Å². The van der Waals surface area contributed by atoms with Crippen molar-refractivity contribution in [2.24, 2.45) is 5.92 Å². The smallest absolute Gasteiger partial charge is 0.319 e. The number of amides is 3. The van der Waals surface area contributed by atoms with Gasteiger partial charge in [-0.1, -0.05) is 0 Å². The van der Waals surface area contributed by atoms with Crippen LogP contribution in [0.1, 0.15) is 30.9 Å². The number of carbonyl (C=O) groups excluding carboxylic acids is 2. The van der Waals surface area contributed by atoms with Crippen LogP contribution in [0.2, 0.25) is 0 Å². The summed E-state index contributed by atoms with van der Waals surface area (Å²) in [5.74, 6) is 1.03. The molecule has 24 heavy (non-hydrogen) atoms. The molecule has 0 aliphatic heterocycles. The van der Waals surface area contributed by atoms with Crippen molar-refractivity contribution in [2.75, 3.05) is 10.6 Å². The molecule has 2 aliphatic carbocycles. The molecule has 0 bridgehead atoms. The second-order valence-electron chi connectivity index (χ2n) is 6.40. The van der Waals surface area contributed by atoms with E-state index in [0.29, 0.717) is 11.7 Å². The van der Waals surface area contributed by atoms with Crippen molar-refractivity contribution in [2.45, 2.75) is 31.2 Å². The fourth-order valence-corrected chi connectivity index (χ4v) is 2.75. The van der Waals surface area contributed by atoms with E-state index < -0.39 is 0 Å². The lowest BCUT2D eigenvalue weighted by atomic mass is 10.2. The maximum Gasteiger partial charge on any atom is 0.319 e. The Labute approximate surface area is 139 Å². The van der Waals surface area contributed by atoms with Crippen molar-refractivity contribution in [3.63, 3.8) is 0 Å².